The SMILES string of the molecule is O=C(CCC(=O)N1CC1)c1ccc(F)c(F)c1. The molecule has 1 saturated heterocycles. The van der Waals surface area contributed by atoms with E-state index in [1.165, 1.54) is 6.07 Å². The van der Waals surface area contributed by atoms with E-state index in [0.717, 1.165) is 25.2 Å². The summed E-state index contributed by atoms with van der Waals surface area (Å²) < 4.78 is 25.5. The van der Waals surface area contributed by atoms with Gasteiger partial charge in [-0.15, -0.1) is 0 Å². The van der Waals surface area contributed by atoms with Crippen molar-refractivity contribution in [1.29, 1.82) is 0 Å². The molecule has 0 N–H and O–H groups in total. The Hall–Kier alpha value is -1.78. The molecular weight excluding hydrogens is 228 g/mol. The van der Waals surface area contributed by atoms with Crippen molar-refractivity contribution in [2.75, 3.05) is 13.1 Å². The van der Waals surface area contributed by atoms with Gasteiger partial charge in [-0.3, -0.25) is 9.59 Å². The number of carbonyl (C=O) groups excluding carboxylic acids is 2. The number of hydrogen-bond acceptors (Lipinski definition) is 2. The lowest BCUT2D eigenvalue weighted by Gasteiger charge is -2.02. The molecule has 0 spiro atoms. The van der Waals surface area contributed by atoms with E-state index in [1.54, 1.807) is 4.90 Å². The molecule has 17 heavy (non-hydrogen) atoms. The molecule has 5 heteroatoms. The number of halogens is 2. The Morgan fingerprint density at radius 2 is 1.82 bits per heavy atom. The van der Waals surface area contributed by atoms with Crippen LogP contribution in [0.2, 0.25) is 0 Å². The Labute approximate surface area is 97.0 Å². The average Bonchev–Trinajstić information content (AvgIpc) is 3.13. The zero-order valence-corrected chi connectivity index (χ0v) is 9.08. The minimum atomic E-state index is -1.05. The largest absolute Gasteiger partial charge is 0.339 e. The predicted octanol–water partition coefficient (Wildman–Crippen LogP) is 1.77. The van der Waals surface area contributed by atoms with Gasteiger partial charge in [-0.25, -0.2) is 8.78 Å². The highest BCUT2D eigenvalue weighted by Gasteiger charge is 2.24. The van der Waals surface area contributed by atoms with Gasteiger partial charge in [-0.1, -0.05) is 0 Å². The predicted molar refractivity (Wildman–Crippen MR) is 56.5 cm³/mol. The fraction of sp³-hybridized carbons (Fsp3) is 0.333. The molecule has 0 aromatic heterocycles. The number of ketones is 1. The van der Waals surface area contributed by atoms with Crippen LogP contribution in [-0.2, 0) is 4.79 Å². The van der Waals surface area contributed by atoms with Gasteiger partial charge < -0.3 is 4.90 Å². The first-order valence-electron chi connectivity index (χ1n) is 5.34. The second-order valence-corrected chi connectivity index (χ2v) is 3.93. The average molecular weight is 239 g/mol. The summed E-state index contributed by atoms with van der Waals surface area (Å²) in [6, 6.07) is 3.00. The van der Waals surface area contributed by atoms with E-state index in [-0.39, 0.29) is 30.1 Å². The van der Waals surface area contributed by atoms with Crippen LogP contribution >= 0.6 is 0 Å². The van der Waals surface area contributed by atoms with Gasteiger partial charge >= 0.3 is 0 Å². The van der Waals surface area contributed by atoms with E-state index in [2.05, 4.69) is 0 Å². The van der Waals surface area contributed by atoms with Crippen LogP contribution in [0.1, 0.15) is 23.2 Å². The Morgan fingerprint density at radius 1 is 1.12 bits per heavy atom. The van der Waals surface area contributed by atoms with E-state index in [9.17, 15) is 18.4 Å². The summed E-state index contributed by atoms with van der Waals surface area (Å²) in [7, 11) is 0. The van der Waals surface area contributed by atoms with Gasteiger partial charge in [0.1, 0.15) is 0 Å². The molecule has 0 saturated carbocycles. The van der Waals surface area contributed by atoms with Crippen LogP contribution in [0.15, 0.2) is 18.2 Å². The summed E-state index contributed by atoms with van der Waals surface area (Å²) >= 11 is 0. The molecule has 0 atom stereocenters. The number of Topliss-reactive ketones (excluding diaryl/α,β-unsaturated/α-hetero) is 1. The maximum Gasteiger partial charge on any atom is 0.223 e. The van der Waals surface area contributed by atoms with Crippen LogP contribution in [0.5, 0.6) is 0 Å². The Balaban J connectivity index is 1.94. The zero-order chi connectivity index (χ0) is 12.4. The highest BCUT2D eigenvalue weighted by atomic mass is 19.2. The lowest BCUT2D eigenvalue weighted by molar-refractivity contribution is -0.125. The van der Waals surface area contributed by atoms with Gasteiger partial charge in [0.05, 0.1) is 0 Å². The molecule has 1 heterocycles. The quantitative estimate of drug-likeness (QED) is 0.593. The minimum absolute atomic E-state index is 0.0282. The molecule has 1 aliphatic heterocycles. The normalized spacial score (nSPS) is 13.6. The van der Waals surface area contributed by atoms with Gasteiger partial charge in [-0.2, -0.15) is 0 Å². The summed E-state index contributed by atoms with van der Waals surface area (Å²) in [5, 5.41) is 0. The number of nitrogens with zero attached hydrogens (tertiary/aromatic N) is 1. The van der Waals surface area contributed by atoms with Crippen molar-refractivity contribution in [1.82, 2.24) is 4.90 Å². The van der Waals surface area contributed by atoms with Crippen molar-refractivity contribution in [3.05, 3.63) is 35.4 Å². The maximum atomic E-state index is 12.9. The molecule has 0 bridgehead atoms. The van der Waals surface area contributed by atoms with Crippen molar-refractivity contribution in [3.63, 3.8) is 0 Å². The van der Waals surface area contributed by atoms with Crippen molar-refractivity contribution in [2.45, 2.75) is 12.8 Å². The molecule has 90 valence electrons. The molecule has 3 nitrogen and oxygen atoms in total. The van der Waals surface area contributed by atoms with E-state index in [1.807, 2.05) is 0 Å². The van der Waals surface area contributed by atoms with Gasteiger partial charge in [0.15, 0.2) is 17.4 Å². The summed E-state index contributed by atoms with van der Waals surface area (Å²) in [6.45, 7) is 1.50. The fourth-order valence-corrected chi connectivity index (χ4v) is 1.49. The first-order chi connectivity index (χ1) is 8.08. The van der Waals surface area contributed by atoms with Crippen molar-refractivity contribution >= 4 is 11.7 Å². The smallest absolute Gasteiger partial charge is 0.223 e. The topological polar surface area (TPSA) is 37.1 Å². The lowest BCUT2D eigenvalue weighted by Crippen LogP contribution is -2.12. The Kier molecular flexibility index (Phi) is 3.17. The Bertz CT molecular complexity index is 470. The monoisotopic (exact) mass is 239 g/mol. The van der Waals surface area contributed by atoms with Crippen molar-refractivity contribution in [3.8, 4) is 0 Å². The van der Waals surface area contributed by atoms with Crippen LogP contribution in [-0.4, -0.2) is 29.7 Å². The maximum absolute atomic E-state index is 12.9. The fourth-order valence-electron chi connectivity index (χ4n) is 1.49. The molecule has 1 aliphatic rings. The third kappa shape index (κ3) is 2.87. The number of benzene rings is 1. The third-order valence-electron chi connectivity index (χ3n) is 2.61. The van der Waals surface area contributed by atoms with Crippen LogP contribution < -0.4 is 0 Å². The van der Waals surface area contributed by atoms with Crippen LogP contribution in [0.25, 0.3) is 0 Å². The van der Waals surface area contributed by atoms with E-state index < -0.39 is 11.6 Å². The molecule has 1 aromatic rings. The first-order valence-corrected chi connectivity index (χ1v) is 5.34. The van der Waals surface area contributed by atoms with Crippen LogP contribution in [0.4, 0.5) is 8.78 Å². The lowest BCUT2D eigenvalue weighted by atomic mass is 10.1. The molecular formula is C12H11F2NO2. The van der Waals surface area contributed by atoms with Gasteiger partial charge in [0.25, 0.3) is 0 Å². The molecule has 0 aliphatic carbocycles. The van der Waals surface area contributed by atoms with Crippen molar-refractivity contribution < 1.29 is 18.4 Å². The first kappa shape index (κ1) is 11.7. The second-order valence-electron chi connectivity index (χ2n) is 3.93. The number of amides is 1. The van der Waals surface area contributed by atoms with Crippen LogP contribution in [0, 0.1) is 11.6 Å². The minimum Gasteiger partial charge on any atom is -0.339 e. The van der Waals surface area contributed by atoms with Crippen molar-refractivity contribution in [2.24, 2.45) is 0 Å². The highest BCUT2D eigenvalue weighted by molar-refractivity contribution is 5.98. The zero-order valence-electron chi connectivity index (χ0n) is 9.08. The third-order valence-corrected chi connectivity index (χ3v) is 2.61. The summed E-state index contributed by atoms with van der Waals surface area (Å²) in [4.78, 5) is 24.5. The second kappa shape index (κ2) is 4.61. The number of hydrogen-bond donors (Lipinski definition) is 0. The highest BCUT2D eigenvalue weighted by Crippen LogP contribution is 2.13. The van der Waals surface area contributed by atoms with Gasteiger partial charge in [0.2, 0.25) is 5.91 Å². The number of carbonyl (C=O) groups is 2. The van der Waals surface area contributed by atoms with Gasteiger partial charge in [-0.05, 0) is 18.2 Å². The number of rotatable bonds is 4. The molecule has 0 radical (unpaired) electrons. The standard InChI is InChI=1S/C12H11F2NO2/c13-9-2-1-8(7-10(9)14)11(16)3-4-12(17)15-5-6-15/h1-2,7H,3-6H2. The van der Waals surface area contributed by atoms with Crippen LogP contribution in [0.3, 0.4) is 0 Å². The molecule has 1 fully saturated rings. The van der Waals surface area contributed by atoms with E-state index in [4.69, 9.17) is 0 Å². The molecule has 1 amide bonds. The summed E-state index contributed by atoms with van der Waals surface area (Å²) in [5.74, 6) is -2.45. The Morgan fingerprint density at radius 3 is 2.41 bits per heavy atom. The van der Waals surface area contributed by atoms with E-state index in [0.29, 0.717) is 0 Å². The summed E-state index contributed by atoms with van der Waals surface area (Å²) in [6.07, 6.45) is 0.151. The molecule has 2 rings (SSSR count). The van der Waals surface area contributed by atoms with E-state index >= 15 is 0 Å². The molecule has 0 unspecified atom stereocenters. The van der Waals surface area contributed by atoms with Gasteiger partial charge in [0, 0.05) is 31.5 Å². The molecule has 1 aromatic carbocycles. The summed E-state index contributed by atoms with van der Waals surface area (Å²) in [5.41, 5.74) is 0.0995.